The first-order valence-electron chi connectivity index (χ1n) is 10.1. The lowest BCUT2D eigenvalue weighted by Gasteiger charge is -2.21. The topological polar surface area (TPSA) is 116 Å². The van der Waals surface area contributed by atoms with Gasteiger partial charge in [0.25, 0.3) is 0 Å². The van der Waals surface area contributed by atoms with Crippen molar-refractivity contribution in [2.45, 2.75) is 52.6 Å². The molecule has 0 spiro atoms. The van der Waals surface area contributed by atoms with Gasteiger partial charge in [0.1, 0.15) is 6.04 Å². The zero-order chi connectivity index (χ0) is 22.7. The van der Waals surface area contributed by atoms with Gasteiger partial charge in [-0.1, -0.05) is 44.2 Å². The zero-order valence-electron chi connectivity index (χ0n) is 18.5. The fourth-order valence-corrected chi connectivity index (χ4v) is 2.39. The van der Waals surface area contributed by atoms with E-state index in [4.69, 9.17) is 0 Å². The lowest BCUT2D eigenvalue weighted by Crippen LogP contribution is -2.52. The average Bonchev–Trinajstić information content (AvgIpc) is 2.68. The third-order valence-corrected chi connectivity index (χ3v) is 4.24. The maximum Gasteiger partial charge on any atom is 0.243 e. The molecule has 30 heavy (non-hydrogen) atoms. The number of carbonyl (C=O) groups excluding carboxylic acids is 4. The van der Waals surface area contributed by atoms with Gasteiger partial charge in [0, 0.05) is 17.9 Å². The van der Waals surface area contributed by atoms with E-state index in [1.165, 1.54) is 0 Å². The van der Waals surface area contributed by atoms with Crippen LogP contribution in [0.15, 0.2) is 30.3 Å². The fraction of sp³-hybridized carbons (Fsp3) is 0.545. The van der Waals surface area contributed by atoms with Crippen molar-refractivity contribution in [2.24, 2.45) is 5.92 Å². The molecule has 1 aromatic rings. The Kier molecular flexibility index (Phi) is 10.2. The van der Waals surface area contributed by atoms with Gasteiger partial charge in [0.05, 0.1) is 19.6 Å². The van der Waals surface area contributed by atoms with E-state index in [0.29, 0.717) is 0 Å². The first-order chi connectivity index (χ1) is 14.0. The molecule has 0 radical (unpaired) electrons. The summed E-state index contributed by atoms with van der Waals surface area (Å²) in [6.45, 7) is 9.07. The molecular weight excluding hydrogens is 384 g/mol. The number of carbonyl (C=O) groups is 4. The molecule has 3 amide bonds. The van der Waals surface area contributed by atoms with Crippen LogP contribution in [0.2, 0.25) is 0 Å². The molecule has 0 saturated heterocycles. The maximum atomic E-state index is 12.6. The van der Waals surface area contributed by atoms with Crippen molar-refractivity contribution >= 4 is 23.5 Å². The van der Waals surface area contributed by atoms with E-state index in [9.17, 15) is 19.2 Å². The van der Waals surface area contributed by atoms with Gasteiger partial charge < -0.3 is 21.3 Å². The Morgan fingerprint density at radius 2 is 1.50 bits per heavy atom. The van der Waals surface area contributed by atoms with Crippen molar-refractivity contribution in [2.75, 3.05) is 19.6 Å². The molecule has 1 aromatic carbocycles. The summed E-state index contributed by atoms with van der Waals surface area (Å²) < 4.78 is 0. The number of hydrogen-bond donors (Lipinski definition) is 4. The fourth-order valence-electron chi connectivity index (χ4n) is 2.39. The molecule has 0 aliphatic carbocycles. The molecule has 166 valence electrons. The first-order valence-corrected chi connectivity index (χ1v) is 10.1. The van der Waals surface area contributed by atoms with Crippen LogP contribution in [-0.2, 0) is 25.6 Å². The molecular formula is C22H34N4O4. The molecule has 0 aliphatic heterocycles. The van der Waals surface area contributed by atoms with Crippen LogP contribution in [0.3, 0.4) is 0 Å². The van der Waals surface area contributed by atoms with Gasteiger partial charge in [-0.05, 0) is 26.3 Å². The van der Waals surface area contributed by atoms with E-state index >= 15 is 0 Å². The van der Waals surface area contributed by atoms with Crippen molar-refractivity contribution in [3.63, 3.8) is 0 Å². The Morgan fingerprint density at radius 1 is 0.867 bits per heavy atom. The number of amides is 3. The van der Waals surface area contributed by atoms with Crippen molar-refractivity contribution in [3.05, 3.63) is 35.9 Å². The highest BCUT2D eigenvalue weighted by atomic mass is 16.2. The van der Waals surface area contributed by atoms with Crippen molar-refractivity contribution < 1.29 is 19.2 Å². The van der Waals surface area contributed by atoms with Crippen LogP contribution in [0.1, 0.15) is 40.2 Å². The molecule has 0 fully saturated rings. The SMILES string of the molecule is CC(C)C(=O)CNC(=O)[C@H](Cc1ccccc1)NC(=O)CNC(=O)CNC(C)(C)C. The maximum absolute atomic E-state index is 12.6. The Hall–Kier alpha value is -2.74. The Bertz CT molecular complexity index is 726. The van der Waals surface area contributed by atoms with Gasteiger partial charge in [-0.25, -0.2) is 0 Å². The second-order valence-electron chi connectivity index (χ2n) is 8.53. The van der Waals surface area contributed by atoms with Crippen LogP contribution in [0, 0.1) is 5.92 Å². The minimum atomic E-state index is -0.857. The molecule has 4 N–H and O–H groups in total. The van der Waals surface area contributed by atoms with E-state index in [0.717, 1.165) is 5.56 Å². The normalized spacial score (nSPS) is 12.2. The number of hydrogen-bond acceptors (Lipinski definition) is 5. The molecule has 0 unspecified atom stereocenters. The molecule has 0 heterocycles. The second kappa shape index (κ2) is 12.1. The predicted octanol–water partition coefficient (Wildman–Crippen LogP) is 0.560. The summed E-state index contributed by atoms with van der Waals surface area (Å²) >= 11 is 0. The number of benzene rings is 1. The van der Waals surface area contributed by atoms with Crippen LogP contribution in [-0.4, -0.2) is 54.7 Å². The third-order valence-electron chi connectivity index (χ3n) is 4.24. The van der Waals surface area contributed by atoms with E-state index in [1.807, 2.05) is 51.1 Å². The summed E-state index contributed by atoms with van der Waals surface area (Å²) in [4.78, 5) is 48.6. The van der Waals surface area contributed by atoms with Crippen LogP contribution in [0.5, 0.6) is 0 Å². The molecule has 0 saturated carbocycles. The molecule has 0 aliphatic rings. The van der Waals surface area contributed by atoms with Gasteiger partial charge >= 0.3 is 0 Å². The number of Topliss-reactive ketones (excluding diaryl/α,β-unsaturated/α-hetero) is 1. The van der Waals surface area contributed by atoms with Crippen LogP contribution in [0.4, 0.5) is 0 Å². The molecule has 0 aromatic heterocycles. The van der Waals surface area contributed by atoms with Crippen molar-refractivity contribution in [1.29, 1.82) is 0 Å². The molecule has 8 nitrogen and oxygen atoms in total. The first kappa shape index (κ1) is 25.3. The Morgan fingerprint density at radius 3 is 2.07 bits per heavy atom. The van der Waals surface area contributed by atoms with Crippen LogP contribution < -0.4 is 21.3 Å². The molecule has 1 rings (SSSR count). The number of ketones is 1. The summed E-state index contributed by atoms with van der Waals surface area (Å²) in [6, 6.07) is 8.40. The van der Waals surface area contributed by atoms with E-state index in [1.54, 1.807) is 13.8 Å². The summed E-state index contributed by atoms with van der Waals surface area (Å²) in [6.07, 6.45) is 0.272. The van der Waals surface area contributed by atoms with Crippen LogP contribution in [0.25, 0.3) is 0 Å². The average molecular weight is 419 g/mol. The quantitative estimate of drug-likeness (QED) is 0.419. The highest BCUT2D eigenvalue weighted by molar-refractivity contribution is 5.93. The lowest BCUT2D eigenvalue weighted by atomic mass is 10.0. The van der Waals surface area contributed by atoms with Crippen molar-refractivity contribution in [3.8, 4) is 0 Å². The largest absolute Gasteiger partial charge is 0.347 e. The third kappa shape index (κ3) is 10.7. The van der Waals surface area contributed by atoms with E-state index in [2.05, 4.69) is 21.3 Å². The zero-order valence-corrected chi connectivity index (χ0v) is 18.5. The standard InChI is InChI=1S/C22H34N4O4/c1-15(2)18(27)12-24-21(30)17(11-16-9-7-6-8-10-16)26-20(29)13-23-19(28)14-25-22(3,4)5/h6-10,15,17,25H,11-14H2,1-5H3,(H,23,28)(H,24,30)(H,26,29)/t17-/m0/s1. The molecule has 8 heteroatoms. The van der Waals surface area contributed by atoms with Gasteiger partial charge in [-0.3, -0.25) is 19.2 Å². The molecule has 1 atom stereocenters. The minimum absolute atomic E-state index is 0.0853. The van der Waals surface area contributed by atoms with Gasteiger partial charge in [-0.2, -0.15) is 0 Å². The highest BCUT2D eigenvalue weighted by Gasteiger charge is 2.22. The summed E-state index contributed by atoms with van der Waals surface area (Å²) in [5, 5.41) is 10.8. The Labute approximate surface area is 178 Å². The second-order valence-corrected chi connectivity index (χ2v) is 8.53. The monoisotopic (exact) mass is 418 g/mol. The summed E-state index contributed by atoms with van der Waals surface area (Å²) in [5.41, 5.74) is 0.651. The smallest absolute Gasteiger partial charge is 0.243 e. The van der Waals surface area contributed by atoms with Gasteiger partial charge in [0.2, 0.25) is 17.7 Å². The van der Waals surface area contributed by atoms with Crippen molar-refractivity contribution in [1.82, 2.24) is 21.3 Å². The van der Waals surface area contributed by atoms with Gasteiger partial charge in [-0.15, -0.1) is 0 Å². The summed E-state index contributed by atoms with van der Waals surface area (Å²) in [5.74, 6) is -1.52. The van der Waals surface area contributed by atoms with Gasteiger partial charge in [0.15, 0.2) is 5.78 Å². The minimum Gasteiger partial charge on any atom is -0.347 e. The molecule has 0 bridgehead atoms. The predicted molar refractivity (Wildman–Crippen MR) is 116 cm³/mol. The number of nitrogens with one attached hydrogen (secondary N) is 4. The van der Waals surface area contributed by atoms with E-state index < -0.39 is 17.9 Å². The number of rotatable bonds is 11. The summed E-state index contributed by atoms with van der Waals surface area (Å²) in [7, 11) is 0. The van der Waals surface area contributed by atoms with Crippen LogP contribution >= 0.6 is 0 Å². The lowest BCUT2D eigenvalue weighted by molar-refractivity contribution is -0.131. The van der Waals surface area contributed by atoms with E-state index in [-0.39, 0.29) is 49.2 Å². The Balaban J connectivity index is 2.65. The highest BCUT2D eigenvalue weighted by Crippen LogP contribution is 2.04.